The first-order chi connectivity index (χ1) is 11.0. The van der Waals surface area contributed by atoms with Crippen LogP contribution in [0.1, 0.15) is 6.92 Å². The van der Waals surface area contributed by atoms with Crippen LogP contribution in [0.25, 0.3) is 11.3 Å². The number of halogens is 1. The number of carbonyl (C=O) groups excluding carboxylic acids is 1. The van der Waals surface area contributed by atoms with E-state index >= 15 is 0 Å². The van der Waals surface area contributed by atoms with Crippen LogP contribution in [-0.4, -0.2) is 34.3 Å². The molecule has 3 rings (SSSR count). The van der Waals surface area contributed by atoms with Gasteiger partial charge in [-0.2, -0.15) is 0 Å². The highest BCUT2D eigenvalue weighted by Crippen LogP contribution is 2.29. The topological polar surface area (TPSA) is 75.6 Å². The van der Waals surface area contributed by atoms with Crippen LogP contribution in [-0.2, 0) is 9.53 Å². The summed E-state index contributed by atoms with van der Waals surface area (Å²) in [5.41, 5.74) is 1.94. The van der Waals surface area contributed by atoms with Gasteiger partial charge in [0.2, 0.25) is 0 Å². The number of methoxy groups -OCH3 is 1. The molecule has 1 N–H and O–H groups in total. The van der Waals surface area contributed by atoms with Crippen molar-refractivity contribution in [3.63, 3.8) is 0 Å². The Labute approximate surface area is 138 Å². The number of rotatable bonds is 3. The largest absolute Gasteiger partial charge is 0.491 e. The third-order valence-corrected chi connectivity index (χ3v) is 3.88. The van der Waals surface area contributed by atoms with Gasteiger partial charge in [0.1, 0.15) is 0 Å². The maximum absolute atomic E-state index is 12.3. The highest BCUT2D eigenvalue weighted by atomic mass is 35.5. The second-order valence-electron chi connectivity index (χ2n) is 5.03. The average Bonchev–Trinajstić information content (AvgIpc) is 2.78. The van der Waals surface area contributed by atoms with E-state index in [1.54, 1.807) is 25.3 Å². The molecule has 0 spiro atoms. The van der Waals surface area contributed by atoms with E-state index in [-0.39, 0.29) is 11.6 Å². The van der Waals surface area contributed by atoms with Crippen molar-refractivity contribution >= 4 is 23.3 Å². The van der Waals surface area contributed by atoms with Crippen molar-refractivity contribution in [1.82, 2.24) is 9.97 Å². The monoisotopic (exact) mass is 331 g/mol. The molecule has 2 aromatic rings. The standard InChI is InChI=1S/C16H14ClN3O3/c1-9-14(23-2)16(22)20(15(9)21)13-8-18-12(7-19-13)10-3-5-11(17)6-4-10/h3-8,15,21H,1-2H3. The molecule has 1 amide bonds. The Kier molecular flexibility index (Phi) is 4.02. The Hall–Kier alpha value is -2.44. The molecule has 1 atom stereocenters. The molecule has 2 heterocycles. The van der Waals surface area contributed by atoms with Crippen molar-refractivity contribution in [2.45, 2.75) is 13.2 Å². The zero-order chi connectivity index (χ0) is 16.6. The lowest BCUT2D eigenvalue weighted by Crippen LogP contribution is -2.36. The van der Waals surface area contributed by atoms with Crippen LogP contribution in [0.15, 0.2) is 48.0 Å². The highest BCUT2D eigenvalue weighted by molar-refractivity contribution is 6.30. The fourth-order valence-corrected chi connectivity index (χ4v) is 2.52. The number of aliphatic hydroxyl groups is 1. The molecule has 0 saturated carbocycles. The summed E-state index contributed by atoms with van der Waals surface area (Å²) in [5.74, 6) is -0.0567. The van der Waals surface area contributed by atoms with Crippen molar-refractivity contribution in [1.29, 1.82) is 0 Å². The molecule has 1 aromatic heterocycles. The molecule has 7 heteroatoms. The quantitative estimate of drug-likeness (QED) is 0.934. The van der Waals surface area contributed by atoms with Gasteiger partial charge in [-0.1, -0.05) is 23.7 Å². The lowest BCUT2D eigenvalue weighted by atomic mass is 10.2. The summed E-state index contributed by atoms with van der Waals surface area (Å²) in [6.45, 7) is 1.64. The van der Waals surface area contributed by atoms with Crippen LogP contribution in [0, 0.1) is 0 Å². The Balaban J connectivity index is 1.89. The minimum absolute atomic E-state index is 0.126. The lowest BCUT2D eigenvalue weighted by molar-refractivity contribution is -0.118. The Morgan fingerprint density at radius 2 is 1.91 bits per heavy atom. The van der Waals surface area contributed by atoms with Crippen LogP contribution < -0.4 is 4.90 Å². The van der Waals surface area contributed by atoms with Crippen LogP contribution in [0.2, 0.25) is 5.02 Å². The number of hydrogen-bond donors (Lipinski definition) is 1. The van der Waals surface area contributed by atoms with Gasteiger partial charge < -0.3 is 9.84 Å². The van der Waals surface area contributed by atoms with Gasteiger partial charge >= 0.3 is 0 Å². The van der Waals surface area contributed by atoms with Gasteiger partial charge in [0.15, 0.2) is 17.8 Å². The van der Waals surface area contributed by atoms with Gasteiger partial charge in [-0.05, 0) is 19.1 Å². The van der Waals surface area contributed by atoms with Gasteiger partial charge in [-0.15, -0.1) is 0 Å². The van der Waals surface area contributed by atoms with Gasteiger partial charge in [-0.25, -0.2) is 4.98 Å². The Morgan fingerprint density at radius 1 is 1.22 bits per heavy atom. The number of amides is 1. The molecular formula is C16H14ClN3O3. The molecule has 6 nitrogen and oxygen atoms in total. The van der Waals surface area contributed by atoms with Crippen molar-refractivity contribution in [3.05, 3.63) is 53.0 Å². The smallest absolute Gasteiger partial charge is 0.297 e. The summed E-state index contributed by atoms with van der Waals surface area (Å²) in [4.78, 5) is 21.9. The minimum Gasteiger partial charge on any atom is -0.491 e. The van der Waals surface area contributed by atoms with E-state index in [1.165, 1.54) is 13.3 Å². The molecule has 1 aromatic carbocycles. The van der Waals surface area contributed by atoms with E-state index in [4.69, 9.17) is 16.3 Å². The first-order valence-corrected chi connectivity index (χ1v) is 7.25. The summed E-state index contributed by atoms with van der Waals surface area (Å²) in [6, 6.07) is 7.18. The van der Waals surface area contributed by atoms with Gasteiger partial charge in [0, 0.05) is 16.2 Å². The predicted molar refractivity (Wildman–Crippen MR) is 85.7 cm³/mol. The number of ether oxygens (including phenoxy) is 1. The predicted octanol–water partition coefficient (Wildman–Crippen LogP) is 2.38. The van der Waals surface area contributed by atoms with E-state index in [9.17, 15) is 9.90 Å². The molecule has 0 fully saturated rings. The third-order valence-electron chi connectivity index (χ3n) is 3.63. The minimum atomic E-state index is -1.10. The zero-order valence-electron chi connectivity index (χ0n) is 12.5. The molecule has 1 aliphatic rings. The molecule has 23 heavy (non-hydrogen) atoms. The van der Waals surface area contributed by atoms with Gasteiger partial charge in [-0.3, -0.25) is 14.7 Å². The number of benzene rings is 1. The van der Waals surface area contributed by atoms with Gasteiger partial charge in [0.05, 0.1) is 25.2 Å². The van der Waals surface area contributed by atoms with Crippen LogP contribution in [0.3, 0.4) is 0 Å². The molecule has 0 aliphatic carbocycles. The van der Waals surface area contributed by atoms with E-state index in [0.29, 0.717) is 16.3 Å². The third kappa shape index (κ3) is 2.67. The summed E-state index contributed by atoms with van der Waals surface area (Å²) >= 11 is 5.86. The second kappa shape index (κ2) is 5.98. The first kappa shape index (κ1) is 15.5. The summed E-state index contributed by atoms with van der Waals surface area (Å²) in [5, 5.41) is 10.8. The van der Waals surface area contributed by atoms with Crippen molar-refractivity contribution in [2.24, 2.45) is 0 Å². The molecule has 0 radical (unpaired) electrons. The van der Waals surface area contributed by atoms with Crippen LogP contribution >= 0.6 is 11.6 Å². The van der Waals surface area contributed by atoms with Crippen molar-refractivity contribution in [2.75, 3.05) is 12.0 Å². The Morgan fingerprint density at radius 3 is 2.43 bits per heavy atom. The number of aromatic nitrogens is 2. The number of aliphatic hydroxyl groups excluding tert-OH is 1. The van der Waals surface area contributed by atoms with Gasteiger partial charge in [0.25, 0.3) is 5.91 Å². The number of anilines is 1. The summed E-state index contributed by atoms with van der Waals surface area (Å²) in [7, 11) is 1.39. The molecule has 0 bridgehead atoms. The molecule has 1 unspecified atom stereocenters. The second-order valence-corrected chi connectivity index (χ2v) is 5.47. The van der Waals surface area contributed by atoms with E-state index in [2.05, 4.69) is 9.97 Å². The van der Waals surface area contributed by atoms with Crippen molar-refractivity contribution < 1.29 is 14.6 Å². The Bertz CT molecular complexity index is 772. The average molecular weight is 332 g/mol. The zero-order valence-corrected chi connectivity index (χ0v) is 13.3. The fraction of sp³-hybridized carbons (Fsp3) is 0.188. The van der Waals surface area contributed by atoms with Crippen LogP contribution in [0.4, 0.5) is 5.82 Å². The highest BCUT2D eigenvalue weighted by Gasteiger charge is 2.38. The number of nitrogens with zero attached hydrogens (tertiary/aromatic N) is 3. The first-order valence-electron chi connectivity index (χ1n) is 6.87. The fourth-order valence-electron chi connectivity index (χ4n) is 2.39. The number of carbonyl (C=O) groups is 1. The SMILES string of the molecule is COC1=C(C)C(O)N(c2cnc(-c3ccc(Cl)cc3)cn2)C1=O. The maximum atomic E-state index is 12.3. The van der Waals surface area contributed by atoms with E-state index in [1.807, 2.05) is 12.1 Å². The molecular weight excluding hydrogens is 318 g/mol. The maximum Gasteiger partial charge on any atom is 0.297 e. The van der Waals surface area contributed by atoms with E-state index in [0.717, 1.165) is 10.5 Å². The summed E-state index contributed by atoms with van der Waals surface area (Å²) in [6.07, 6.45) is 1.88. The van der Waals surface area contributed by atoms with Crippen molar-refractivity contribution in [3.8, 4) is 11.3 Å². The number of hydrogen-bond acceptors (Lipinski definition) is 5. The molecule has 1 aliphatic heterocycles. The molecule has 118 valence electrons. The van der Waals surface area contributed by atoms with E-state index < -0.39 is 12.1 Å². The summed E-state index contributed by atoms with van der Waals surface area (Å²) < 4.78 is 5.03. The lowest BCUT2D eigenvalue weighted by Gasteiger charge is -2.20. The normalized spacial score (nSPS) is 17.8. The molecule has 0 saturated heterocycles. The van der Waals surface area contributed by atoms with Crippen LogP contribution in [0.5, 0.6) is 0 Å².